The van der Waals surface area contributed by atoms with E-state index in [1.54, 1.807) is 0 Å². The van der Waals surface area contributed by atoms with Crippen LogP contribution in [0.15, 0.2) is 0 Å². The summed E-state index contributed by atoms with van der Waals surface area (Å²) in [6, 6.07) is -0.196. The van der Waals surface area contributed by atoms with Gasteiger partial charge in [-0.15, -0.1) is 0 Å². The van der Waals surface area contributed by atoms with Gasteiger partial charge < -0.3 is 20.1 Å². The lowest BCUT2D eigenvalue weighted by atomic mass is 9.84. The number of hydrogen-bond acceptors (Lipinski definition) is 4. The Labute approximate surface area is 95.9 Å². The Bertz CT molecular complexity index is 284. The van der Waals surface area contributed by atoms with Crippen molar-refractivity contribution in [3.63, 3.8) is 0 Å². The van der Waals surface area contributed by atoms with Crippen molar-refractivity contribution in [2.24, 2.45) is 11.1 Å². The van der Waals surface area contributed by atoms with Gasteiger partial charge in [0.05, 0.1) is 31.3 Å². The molecule has 3 atom stereocenters. The van der Waals surface area contributed by atoms with E-state index < -0.39 is 5.41 Å². The standard InChI is InChI=1S/C11H20N2O3/c1-8-5-13(3-4-16-8)10(14)11(2)7-15-6-9(11)12/h8-9H,3-7,12H2,1-2H3. The predicted octanol–water partition coefficient (Wildman–Crippen LogP) is -0.402. The van der Waals surface area contributed by atoms with E-state index in [1.165, 1.54) is 0 Å². The van der Waals surface area contributed by atoms with Gasteiger partial charge in [-0.2, -0.15) is 0 Å². The molecule has 0 saturated carbocycles. The molecule has 2 N–H and O–H groups in total. The van der Waals surface area contributed by atoms with Crippen LogP contribution in [-0.4, -0.2) is 55.9 Å². The van der Waals surface area contributed by atoms with E-state index in [2.05, 4.69) is 0 Å². The second-order valence-corrected chi connectivity index (χ2v) is 4.97. The molecule has 3 unspecified atom stereocenters. The molecule has 2 fully saturated rings. The highest BCUT2D eigenvalue weighted by atomic mass is 16.5. The number of amides is 1. The van der Waals surface area contributed by atoms with Crippen LogP contribution in [0.5, 0.6) is 0 Å². The van der Waals surface area contributed by atoms with Crippen molar-refractivity contribution in [1.82, 2.24) is 4.90 Å². The van der Waals surface area contributed by atoms with Gasteiger partial charge in [-0.1, -0.05) is 0 Å². The topological polar surface area (TPSA) is 64.8 Å². The van der Waals surface area contributed by atoms with E-state index in [4.69, 9.17) is 15.2 Å². The largest absolute Gasteiger partial charge is 0.379 e. The van der Waals surface area contributed by atoms with Crippen LogP contribution in [0.25, 0.3) is 0 Å². The van der Waals surface area contributed by atoms with Crippen LogP contribution in [0.2, 0.25) is 0 Å². The summed E-state index contributed by atoms with van der Waals surface area (Å²) in [7, 11) is 0. The first-order valence-corrected chi connectivity index (χ1v) is 5.78. The molecule has 0 aliphatic carbocycles. The summed E-state index contributed by atoms with van der Waals surface area (Å²) in [6.07, 6.45) is 0.111. The Morgan fingerprint density at radius 1 is 1.56 bits per heavy atom. The van der Waals surface area contributed by atoms with Crippen molar-refractivity contribution in [2.75, 3.05) is 32.9 Å². The molecule has 16 heavy (non-hydrogen) atoms. The maximum atomic E-state index is 12.4. The van der Waals surface area contributed by atoms with Crippen LogP contribution >= 0.6 is 0 Å². The van der Waals surface area contributed by atoms with Gasteiger partial charge in [0.15, 0.2) is 0 Å². The summed E-state index contributed by atoms with van der Waals surface area (Å²) < 4.78 is 10.7. The smallest absolute Gasteiger partial charge is 0.232 e. The Hall–Kier alpha value is -0.650. The number of carbonyl (C=O) groups is 1. The molecule has 5 heteroatoms. The van der Waals surface area contributed by atoms with Crippen molar-refractivity contribution >= 4 is 5.91 Å². The van der Waals surface area contributed by atoms with E-state index in [0.29, 0.717) is 32.9 Å². The fourth-order valence-corrected chi connectivity index (χ4v) is 2.27. The van der Waals surface area contributed by atoms with Crippen LogP contribution < -0.4 is 5.73 Å². The van der Waals surface area contributed by atoms with Gasteiger partial charge in [0.2, 0.25) is 5.91 Å². The van der Waals surface area contributed by atoms with Crippen LogP contribution in [-0.2, 0) is 14.3 Å². The molecule has 0 spiro atoms. The Morgan fingerprint density at radius 2 is 2.31 bits per heavy atom. The zero-order valence-corrected chi connectivity index (χ0v) is 9.94. The first-order chi connectivity index (χ1) is 7.54. The number of nitrogens with two attached hydrogens (primary N) is 1. The zero-order chi connectivity index (χ0) is 11.8. The number of nitrogens with zero attached hydrogens (tertiary/aromatic N) is 1. The van der Waals surface area contributed by atoms with Gasteiger partial charge in [0, 0.05) is 19.1 Å². The van der Waals surface area contributed by atoms with Crippen molar-refractivity contribution in [3.8, 4) is 0 Å². The maximum absolute atomic E-state index is 12.4. The average molecular weight is 228 g/mol. The third kappa shape index (κ3) is 1.95. The highest BCUT2D eigenvalue weighted by molar-refractivity contribution is 5.83. The Balaban J connectivity index is 2.06. The predicted molar refractivity (Wildman–Crippen MR) is 58.9 cm³/mol. The summed E-state index contributed by atoms with van der Waals surface area (Å²) in [4.78, 5) is 14.2. The van der Waals surface area contributed by atoms with E-state index >= 15 is 0 Å². The van der Waals surface area contributed by atoms with E-state index in [9.17, 15) is 4.79 Å². The molecule has 2 saturated heterocycles. The zero-order valence-electron chi connectivity index (χ0n) is 9.94. The monoisotopic (exact) mass is 228 g/mol. The van der Waals surface area contributed by atoms with Crippen molar-refractivity contribution in [1.29, 1.82) is 0 Å². The Morgan fingerprint density at radius 3 is 2.88 bits per heavy atom. The molecule has 5 nitrogen and oxygen atoms in total. The number of carbonyl (C=O) groups excluding carboxylic acids is 1. The third-order valence-electron chi connectivity index (χ3n) is 3.53. The number of morpholine rings is 1. The van der Waals surface area contributed by atoms with Gasteiger partial charge >= 0.3 is 0 Å². The number of ether oxygens (including phenoxy) is 2. The molecule has 2 rings (SSSR count). The van der Waals surface area contributed by atoms with Crippen LogP contribution in [0.3, 0.4) is 0 Å². The summed E-state index contributed by atoms with van der Waals surface area (Å²) in [6.45, 7) is 6.70. The highest BCUT2D eigenvalue weighted by Gasteiger charge is 2.46. The van der Waals surface area contributed by atoms with Crippen molar-refractivity contribution in [3.05, 3.63) is 0 Å². The van der Waals surface area contributed by atoms with Gasteiger partial charge in [-0.25, -0.2) is 0 Å². The molecule has 92 valence electrons. The summed E-state index contributed by atoms with van der Waals surface area (Å²) >= 11 is 0. The van der Waals surface area contributed by atoms with Gasteiger partial charge in [-0.05, 0) is 13.8 Å². The fraction of sp³-hybridized carbons (Fsp3) is 0.909. The van der Waals surface area contributed by atoms with Crippen LogP contribution in [0, 0.1) is 5.41 Å². The molecule has 2 aliphatic heterocycles. The average Bonchev–Trinajstić information content (AvgIpc) is 2.59. The minimum atomic E-state index is -0.558. The van der Waals surface area contributed by atoms with E-state index in [-0.39, 0.29) is 18.1 Å². The molecule has 2 heterocycles. The Kier molecular flexibility index (Phi) is 3.19. The molecule has 0 aromatic rings. The van der Waals surface area contributed by atoms with Crippen LogP contribution in [0.1, 0.15) is 13.8 Å². The van der Waals surface area contributed by atoms with Gasteiger partial charge in [0.25, 0.3) is 0 Å². The maximum Gasteiger partial charge on any atom is 0.232 e. The third-order valence-corrected chi connectivity index (χ3v) is 3.53. The van der Waals surface area contributed by atoms with Crippen LogP contribution in [0.4, 0.5) is 0 Å². The highest BCUT2D eigenvalue weighted by Crippen LogP contribution is 2.30. The minimum absolute atomic E-state index is 0.104. The van der Waals surface area contributed by atoms with Crippen molar-refractivity contribution < 1.29 is 14.3 Å². The van der Waals surface area contributed by atoms with E-state index in [1.807, 2.05) is 18.7 Å². The minimum Gasteiger partial charge on any atom is -0.379 e. The van der Waals surface area contributed by atoms with Crippen molar-refractivity contribution in [2.45, 2.75) is 26.0 Å². The lowest BCUT2D eigenvalue weighted by Gasteiger charge is -2.37. The summed E-state index contributed by atoms with van der Waals surface area (Å²) in [5.41, 5.74) is 5.39. The molecule has 2 aliphatic rings. The number of rotatable bonds is 1. The lowest BCUT2D eigenvalue weighted by Crippen LogP contribution is -2.55. The molecular weight excluding hydrogens is 208 g/mol. The quantitative estimate of drug-likeness (QED) is 0.663. The molecule has 0 aromatic heterocycles. The van der Waals surface area contributed by atoms with Gasteiger partial charge in [0.1, 0.15) is 0 Å². The number of hydrogen-bond donors (Lipinski definition) is 1. The first-order valence-electron chi connectivity index (χ1n) is 5.78. The second-order valence-electron chi connectivity index (χ2n) is 4.97. The van der Waals surface area contributed by atoms with Gasteiger partial charge in [-0.3, -0.25) is 4.79 Å². The van der Waals surface area contributed by atoms with E-state index in [0.717, 1.165) is 0 Å². The molecule has 1 amide bonds. The summed E-state index contributed by atoms with van der Waals surface area (Å²) in [5.74, 6) is 0.104. The molecule has 0 bridgehead atoms. The lowest BCUT2D eigenvalue weighted by molar-refractivity contribution is -0.148. The fourth-order valence-electron chi connectivity index (χ4n) is 2.27. The molecule has 0 aromatic carbocycles. The molecular formula is C11H20N2O3. The molecule has 0 radical (unpaired) electrons. The summed E-state index contributed by atoms with van der Waals surface area (Å²) in [5, 5.41) is 0. The second kappa shape index (κ2) is 4.31. The first kappa shape index (κ1) is 11.8. The SMILES string of the molecule is CC1CN(C(=O)C2(C)COCC2N)CCO1. The normalized spacial score (nSPS) is 40.1.